The predicted octanol–water partition coefficient (Wildman–Crippen LogP) is 4.61. The number of hydrogen-bond donors (Lipinski definition) is 2. The van der Waals surface area contributed by atoms with Crippen molar-refractivity contribution in [1.29, 1.82) is 0 Å². The first-order valence-corrected chi connectivity index (χ1v) is 8.31. The molecular weight excluding hydrogens is 294 g/mol. The van der Waals surface area contributed by atoms with Crippen LogP contribution in [0.15, 0.2) is 48.8 Å². The number of fused-ring (bicyclic) bond motifs is 1. The van der Waals surface area contributed by atoms with E-state index in [4.69, 9.17) is 0 Å². The number of nitrogens with one attached hydrogen (secondary N) is 2. The van der Waals surface area contributed by atoms with Gasteiger partial charge in [0.15, 0.2) is 0 Å². The Morgan fingerprint density at radius 3 is 2.73 bits per heavy atom. The normalized spacial score (nSPS) is 10.8. The average Bonchev–Trinajstić information content (AvgIpc) is 3.13. The molecule has 3 aromatic rings. The molecule has 1 aromatic carbocycles. The summed E-state index contributed by atoms with van der Waals surface area (Å²) in [6, 6.07) is 12.0. The first kappa shape index (κ1) is 14.7. The van der Waals surface area contributed by atoms with Crippen LogP contribution in [-0.4, -0.2) is 17.1 Å². The highest BCUT2D eigenvalue weighted by Gasteiger charge is 2.15. The van der Waals surface area contributed by atoms with Gasteiger partial charge in [-0.3, -0.25) is 5.32 Å². The van der Waals surface area contributed by atoms with Crippen LogP contribution in [0, 0.1) is 0 Å². The van der Waals surface area contributed by atoms with Gasteiger partial charge in [0.2, 0.25) is 0 Å². The summed E-state index contributed by atoms with van der Waals surface area (Å²) < 4.78 is 3.20. The van der Waals surface area contributed by atoms with Gasteiger partial charge in [0, 0.05) is 29.0 Å². The van der Waals surface area contributed by atoms with Crippen LogP contribution in [0.4, 0.5) is 9.80 Å². The van der Waals surface area contributed by atoms with E-state index in [1.54, 1.807) is 11.3 Å². The monoisotopic (exact) mass is 313 g/mol. The standard InChI is InChI=1S/C17H19N3OS/c1-2-3-10-18-17(21)19-16-15(20-11-6-7-12-20)13-8-4-5-9-14(13)22-16/h4-9,11-12H,2-3,10H2,1H3,(H2,18,19,21). The van der Waals surface area contributed by atoms with Gasteiger partial charge >= 0.3 is 6.03 Å². The third-order valence-electron chi connectivity index (χ3n) is 3.47. The molecule has 2 amide bonds. The SMILES string of the molecule is CCCCNC(=O)Nc1sc2ccccc2c1-n1cccc1. The number of thiophene rings is 1. The van der Waals surface area contributed by atoms with E-state index in [1.807, 2.05) is 41.2 Å². The van der Waals surface area contributed by atoms with Crippen molar-refractivity contribution in [2.75, 3.05) is 11.9 Å². The Morgan fingerprint density at radius 1 is 1.18 bits per heavy atom. The van der Waals surface area contributed by atoms with Gasteiger partial charge in [-0.25, -0.2) is 4.79 Å². The third kappa shape index (κ3) is 2.99. The summed E-state index contributed by atoms with van der Waals surface area (Å²) in [5.74, 6) is 0. The van der Waals surface area contributed by atoms with Crippen LogP contribution < -0.4 is 10.6 Å². The summed E-state index contributed by atoms with van der Waals surface area (Å²) in [5.41, 5.74) is 1.02. The second-order valence-corrected chi connectivity index (χ2v) is 6.15. The number of amides is 2. The Balaban J connectivity index is 1.92. The lowest BCUT2D eigenvalue weighted by Crippen LogP contribution is -2.29. The van der Waals surface area contributed by atoms with Crippen molar-refractivity contribution in [3.05, 3.63) is 48.8 Å². The van der Waals surface area contributed by atoms with Crippen LogP contribution in [0.5, 0.6) is 0 Å². The fourth-order valence-corrected chi connectivity index (χ4v) is 3.48. The molecule has 3 rings (SSSR count). The fraction of sp³-hybridized carbons (Fsp3) is 0.235. The summed E-state index contributed by atoms with van der Waals surface area (Å²) in [4.78, 5) is 12.1. The maximum Gasteiger partial charge on any atom is 0.319 e. The van der Waals surface area contributed by atoms with E-state index in [-0.39, 0.29) is 6.03 Å². The van der Waals surface area contributed by atoms with E-state index in [0.29, 0.717) is 6.54 Å². The molecule has 0 saturated heterocycles. The fourth-order valence-electron chi connectivity index (χ4n) is 2.38. The van der Waals surface area contributed by atoms with Gasteiger partial charge in [0.1, 0.15) is 5.00 Å². The molecule has 0 aliphatic heterocycles. The van der Waals surface area contributed by atoms with Crippen molar-refractivity contribution in [2.45, 2.75) is 19.8 Å². The number of rotatable bonds is 5. The van der Waals surface area contributed by atoms with E-state index in [1.165, 1.54) is 0 Å². The third-order valence-corrected chi connectivity index (χ3v) is 4.55. The molecule has 2 aromatic heterocycles. The molecule has 22 heavy (non-hydrogen) atoms. The van der Waals surface area contributed by atoms with Gasteiger partial charge in [0.05, 0.1) is 5.69 Å². The van der Waals surface area contributed by atoms with Gasteiger partial charge in [-0.05, 0) is 24.6 Å². The number of aromatic nitrogens is 1. The summed E-state index contributed by atoms with van der Waals surface area (Å²) in [6.45, 7) is 2.81. The predicted molar refractivity (Wildman–Crippen MR) is 93.1 cm³/mol. The number of benzene rings is 1. The Kier molecular flexibility index (Phi) is 4.44. The van der Waals surface area contributed by atoms with E-state index < -0.39 is 0 Å². The minimum Gasteiger partial charge on any atom is -0.338 e. The summed E-state index contributed by atoms with van der Waals surface area (Å²) >= 11 is 1.60. The Bertz CT molecular complexity index is 761. The molecule has 5 heteroatoms. The smallest absolute Gasteiger partial charge is 0.319 e. The summed E-state index contributed by atoms with van der Waals surface area (Å²) in [5, 5.41) is 7.90. The largest absolute Gasteiger partial charge is 0.338 e. The molecule has 0 radical (unpaired) electrons. The Hall–Kier alpha value is -2.27. The van der Waals surface area contributed by atoms with E-state index in [2.05, 4.69) is 29.7 Å². The Morgan fingerprint density at radius 2 is 1.95 bits per heavy atom. The molecule has 2 N–H and O–H groups in total. The van der Waals surface area contributed by atoms with Gasteiger partial charge in [-0.1, -0.05) is 31.5 Å². The van der Waals surface area contributed by atoms with Crippen LogP contribution in [0.1, 0.15) is 19.8 Å². The molecule has 2 heterocycles. The van der Waals surface area contributed by atoms with Gasteiger partial charge in [0.25, 0.3) is 0 Å². The molecule has 0 spiro atoms. The highest BCUT2D eigenvalue weighted by Crippen LogP contribution is 2.38. The molecular formula is C17H19N3OS. The Labute approximate surface area is 133 Å². The molecule has 4 nitrogen and oxygen atoms in total. The van der Waals surface area contributed by atoms with Crippen LogP contribution >= 0.6 is 11.3 Å². The molecule has 0 bridgehead atoms. The number of carbonyl (C=O) groups is 1. The zero-order valence-corrected chi connectivity index (χ0v) is 13.3. The molecule has 114 valence electrons. The van der Waals surface area contributed by atoms with Gasteiger partial charge < -0.3 is 9.88 Å². The second kappa shape index (κ2) is 6.66. The topological polar surface area (TPSA) is 46.1 Å². The van der Waals surface area contributed by atoms with Gasteiger partial charge in [-0.15, -0.1) is 11.3 Å². The number of anilines is 1. The van der Waals surface area contributed by atoms with Crippen LogP contribution in [-0.2, 0) is 0 Å². The first-order chi connectivity index (χ1) is 10.8. The zero-order chi connectivity index (χ0) is 15.4. The number of nitrogens with zero attached hydrogens (tertiary/aromatic N) is 1. The number of carbonyl (C=O) groups excluding carboxylic acids is 1. The molecule has 0 fully saturated rings. The van der Waals surface area contributed by atoms with Crippen LogP contribution in [0.25, 0.3) is 15.8 Å². The van der Waals surface area contributed by atoms with Crippen molar-refractivity contribution in [1.82, 2.24) is 9.88 Å². The quantitative estimate of drug-likeness (QED) is 0.664. The maximum atomic E-state index is 12.1. The highest BCUT2D eigenvalue weighted by molar-refractivity contribution is 7.23. The molecule has 0 unspecified atom stereocenters. The second-order valence-electron chi connectivity index (χ2n) is 5.10. The minimum atomic E-state index is -0.145. The van der Waals surface area contributed by atoms with Crippen molar-refractivity contribution in [3.8, 4) is 5.69 Å². The lowest BCUT2D eigenvalue weighted by molar-refractivity contribution is 0.252. The van der Waals surface area contributed by atoms with Gasteiger partial charge in [-0.2, -0.15) is 0 Å². The average molecular weight is 313 g/mol. The molecule has 0 aliphatic rings. The number of unbranched alkanes of at least 4 members (excludes halogenated alkanes) is 1. The minimum absolute atomic E-state index is 0.145. The highest BCUT2D eigenvalue weighted by atomic mass is 32.1. The lowest BCUT2D eigenvalue weighted by atomic mass is 10.2. The van der Waals surface area contributed by atoms with Crippen molar-refractivity contribution in [2.24, 2.45) is 0 Å². The first-order valence-electron chi connectivity index (χ1n) is 7.49. The summed E-state index contributed by atoms with van der Waals surface area (Å²) in [6.07, 6.45) is 6.05. The number of urea groups is 1. The van der Waals surface area contributed by atoms with Crippen LogP contribution in [0.2, 0.25) is 0 Å². The van der Waals surface area contributed by atoms with Crippen LogP contribution in [0.3, 0.4) is 0 Å². The lowest BCUT2D eigenvalue weighted by Gasteiger charge is -2.09. The van der Waals surface area contributed by atoms with Crippen molar-refractivity contribution < 1.29 is 4.79 Å². The molecule has 0 aliphatic carbocycles. The van der Waals surface area contributed by atoms with Crippen molar-refractivity contribution >= 4 is 32.5 Å². The molecule has 0 atom stereocenters. The van der Waals surface area contributed by atoms with E-state index in [0.717, 1.165) is 33.6 Å². The zero-order valence-electron chi connectivity index (χ0n) is 12.5. The summed E-state index contributed by atoms with van der Waals surface area (Å²) in [7, 11) is 0. The maximum absolute atomic E-state index is 12.1. The number of hydrogen-bond acceptors (Lipinski definition) is 2. The molecule has 0 saturated carbocycles. The van der Waals surface area contributed by atoms with E-state index in [9.17, 15) is 4.79 Å². The van der Waals surface area contributed by atoms with Crippen molar-refractivity contribution in [3.63, 3.8) is 0 Å². The van der Waals surface area contributed by atoms with E-state index >= 15 is 0 Å².